The van der Waals surface area contributed by atoms with E-state index in [0.29, 0.717) is 35.4 Å². The van der Waals surface area contributed by atoms with Crippen LogP contribution in [0.3, 0.4) is 0 Å². The third-order valence-electron chi connectivity index (χ3n) is 7.41. The van der Waals surface area contributed by atoms with Crippen LogP contribution in [0, 0.1) is 6.92 Å². The van der Waals surface area contributed by atoms with Crippen molar-refractivity contribution >= 4 is 17.7 Å². The van der Waals surface area contributed by atoms with Crippen molar-refractivity contribution in [1.82, 2.24) is 5.16 Å². The van der Waals surface area contributed by atoms with Crippen LogP contribution in [0.25, 0.3) is 22.5 Å². The van der Waals surface area contributed by atoms with Crippen molar-refractivity contribution in [3.05, 3.63) is 89.1 Å². The predicted molar refractivity (Wildman–Crippen MR) is 147 cm³/mol. The van der Waals surface area contributed by atoms with Crippen LogP contribution >= 0.6 is 0 Å². The Hall–Kier alpha value is -4.80. The summed E-state index contributed by atoms with van der Waals surface area (Å²) in [6, 6.07) is 17.3. The number of anilines is 1. The molecule has 1 saturated carbocycles. The monoisotopic (exact) mass is 580 g/mol. The lowest BCUT2D eigenvalue weighted by molar-refractivity contribution is -0.140. The molecule has 0 spiro atoms. The number of carbonyl (C=O) groups is 2. The number of benzene rings is 3. The molecule has 1 aromatic heterocycles. The maximum atomic E-state index is 13.1. The van der Waals surface area contributed by atoms with Gasteiger partial charge in [-0.1, -0.05) is 53.7 Å². The molecule has 1 amide bonds. The minimum absolute atomic E-state index is 0.192. The minimum atomic E-state index is -4.52. The predicted octanol–water partition coefficient (Wildman–Crippen LogP) is 7.77. The van der Waals surface area contributed by atoms with Crippen LogP contribution in [-0.4, -0.2) is 29.4 Å². The summed E-state index contributed by atoms with van der Waals surface area (Å²) >= 11 is 0. The first-order chi connectivity index (χ1) is 19.9. The van der Waals surface area contributed by atoms with Gasteiger partial charge in [-0.2, -0.15) is 13.2 Å². The number of amides is 1. The molecule has 42 heavy (non-hydrogen) atoms. The number of aromatic nitrogens is 1. The smallest absolute Gasteiger partial charge is 0.416 e. The van der Waals surface area contributed by atoms with E-state index in [9.17, 15) is 27.9 Å². The van der Waals surface area contributed by atoms with Crippen LogP contribution in [0.2, 0.25) is 0 Å². The molecular weight excluding hydrogens is 553 g/mol. The number of aliphatic carboxylic acids is 1. The van der Waals surface area contributed by atoms with Gasteiger partial charge >= 0.3 is 18.2 Å². The van der Waals surface area contributed by atoms with Crippen LogP contribution in [0.4, 0.5) is 23.7 Å². The summed E-state index contributed by atoms with van der Waals surface area (Å²) in [5.41, 5.74) is 2.02. The fraction of sp³-hybridized carbons (Fsp3) is 0.258. The van der Waals surface area contributed by atoms with Crippen molar-refractivity contribution in [2.45, 2.75) is 44.4 Å². The molecule has 0 radical (unpaired) electrons. The molecule has 1 aliphatic rings. The lowest BCUT2D eigenvalue weighted by Gasteiger charge is -2.16. The van der Waals surface area contributed by atoms with Crippen molar-refractivity contribution < 1.29 is 41.9 Å². The number of nitrogens with one attached hydrogen (secondary N) is 1. The summed E-state index contributed by atoms with van der Waals surface area (Å²) in [6.45, 7) is 3.10. The standard InChI is InChI=1S/C31H27F3N2O6/c1-17-26(35-29(39)41-18(2)21-5-4-6-23(15-21)31(32,33)34)27(42-36-17)20-9-7-19(8-10-20)22-11-12-24(25(16-22)40-3)30(13-14-30)28(37)38/h4-12,15-16,18H,13-14H2,1-3H3,(H,35,39)(H,37,38)/t18-/m1/s1. The zero-order valence-electron chi connectivity index (χ0n) is 22.9. The van der Waals surface area contributed by atoms with E-state index >= 15 is 0 Å². The van der Waals surface area contributed by atoms with E-state index in [1.807, 2.05) is 18.2 Å². The van der Waals surface area contributed by atoms with E-state index < -0.39 is 35.3 Å². The van der Waals surface area contributed by atoms with Gasteiger partial charge in [0.2, 0.25) is 0 Å². The lowest BCUT2D eigenvalue weighted by atomic mass is 9.92. The van der Waals surface area contributed by atoms with Crippen LogP contribution in [0.1, 0.15) is 48.3 Å². The second-order valence-corrected chi connectivity index (χ2v) is 10.1. The van der Waals surface area contributed by atoms with Gasteiger partial charge in [0.05, 0.1) is 18.1 Å². The number of carboxylic acids is 1. The van der Waals surface area contributed by atoms with Crippen LogP contribution < -0.4 is 10.1 Å². The Morgan fingerprint density at radius 2 is 1.69 bits per heavy atom. The van der Waals surface area contributed by atoms with Crippen LogP contribution in [0.5, 0.6) is 5.75 Å². The molecule has 1 aliphatic carbocycles. The van der Waals surface area contributed by atoms with E-state index in [0.717, 1.165) is 23.3 Å². The van der Waals surface area contributed by atoms with Gasteiger partial charge in [0.25, 0.3) is 0 Å². The number of alkyl halides is 3. The number of nitrogens with zero attached hydrogens (tertiary/aromatic N) is 1. The Balaban J connectivity index is 1.32. The number of methoxy groups -OCH3 is 1. The molecule has 5 rings (SSSR count). The molecular formula is C31H27F3N2O6. The summed E-state index contributed by atoms with van der Waals surface area (Å²) < 4.78 is 55.6. The number of aryl methyl sites for hydroxylation is 1. The second-order valence-electron chi connectivity index (χ2n) is 10.1. The Labute approximate surface area is 239 Å². The molecule has 1 heterocycles. The van der Waals surface area contributed by atoms with Gasteiger partial charge in [0, 0.05) is 11.1 Å². The molecule has 1 atom stereocenters. The zero-order chi connectivity index (χ0) is 30.2. The van der Waals surface area contributed by atoms with E-state index in [-0.39, 0.29) is 17.0 Å². The first kappa shape index (κ1) is 28.7. The highest BCUT2D eigenvalue weighted by molar-refractivity contribution is 5.91. The van der Waals surface area contributed by atoms with E-state index in [1.165, 1.54) is 26.2 Å². The highest BCUT2D eigenvalue weighted by atomic mass is 19.4. The maximum absolute atomic E-state index is 13.1. The van der Waals surface area contributed by atoms with Crippen molar-refractivity contribution in [3.8, 4) is 28.2 Å². The van der Waals surface area contributed by atoms with Crippen molar-refractivity contribution in [2.75, 3.05) is 12.4 Å². The Bertz CT molecular complexity index is 1640. The van der Waals surface area contributed by atoms with Gasteiger partial charge in [0.1, 0.15) is 23.2 Å². The van der Waals surface area contributed by atoms with Gasteiger partial charge in [-0.15, -0.1) is 0 Å². The third-order valence-corrected chi connectivity index (χ3v) is 7.41. The Morgan fingerprint density at radius 3 is 2.31 bits per heavy atom. The molecule has 2 N–H and O–H groups in total. The first-order valence-corrected chi connectivity index (χ1v) is 13.1. The molecule has 8 nitrogen and oxygen atoms in total. The van der Waals surface area contributed by atoms with Crippen LogP contribution in [0.15, 0.2) is 71.3 Å². The fourth-order valence-corrected chi connectivity index (χ4v) is 4.85. The van der Waals surface area contributed by atoms with Crippen LogP contribution in [-0.2, 0) is 21.1 Å². The van der Waals surface area contributed by atoms with Crippen molar-refractivity contribution in [3.63, 3.8) is 0 Å². The molecule has 4 aromatic rings. The summed E-state index contributed by atoms with van der Waals surface area (Å²) in [6.07, 6.45) is -5.22. The largest absolute Gasteiger partial charge is 0.496 e. The minimum Gasteiger partial charge on any atom is -0.496 e. The molecule has 3 aromatic carbocycles. The number of hydrogen-bond donors (Lipinski definition) is 2. The quantitative estimate of drug-likeness (QED) is 0.219. The molecule has 0 bridgehead atoms. The second kappa shape index (κ2) is 10.9. The van der Waals surface area contributed by atoms with E-state index in [1.54, 1.807) is 31.2 Å². The summed E-state index contributed by atoms with van der Waals surface area (Å²) in [5.74, 6) is -0.0851. The van der Waals surface area contributed by atoms with Gasteiger partial charge in [-0.25, -0.2) is 4.79 Å². The van der Waals surface area contributed by atoms with Gasteiger partial charge < -0.3 is 19.1 Å². The average molecular weight is 581 g/mol. The van der Waals surface area contributed by atoms with Gasteiger partial charge in [-0.05, 0) is 61.6 Å². The number of hydrogen-bond acceptors (Lipinski definition) is 6. The maximum Gasteiger partial charge on any atom is 0.416 e. The number of carbonyl (C=O) groups excluding carboxylic acids is 1. The number of carboxylic acid groups (broad SMARTS) is 1. The molecule has 11 heteroatoms. The Kier molecular flexibility index (Phi) is 7.44. The number of rotatable bonds is 8. The SMILES string of the molecule is COc1cc(-c2ccc(-c3onc(C)c3NC(=O)O[C@H](C)c3cccc(C(F)(F)F)c3)cc2)ccc1C1(C(=O)O)CC1. The summed E-state index contributed by atoms with van der Waals surface area (Å²) in [4.78, 5) is 24.5. The molecule has 1 fully saturated rings. The van der Waals surface area contributed by atoms with E-state index in [2.05, 4.69) is 10.5 Å². The van der Waals surface area contributed by atoms with Crippen molar-refractivity contribution in [2.24, 2.45) is 0 Å². The van der Waals surface area contributed by atoms with Gasteiger partial charge in [-0.3, -0.25) is 10.1 Å². The molecule has 0 unspecified atom stereocenters. The first-order valence-electron chi connectivity index (χ1n) is 13.1. The third kappa shape index (κ3) is 5.54. The fourth-order valence-electron chi connectivity index (χ4n) is 4.85. The number of halogens is 3. The zero-order valence-corrected chi connectivity index (χ0v) is 22.9. The van der Waals surface area contributed by atoms with Gasteiger partial charge in [0.15, 0.2) is 5.76 Å². The molecule has 218 valence electrons. The lowest BCUT2D eigenvalue weighted by Crippen LogP contribution is -2.20. The summed E-state index contributed by atoms with van der Waals surface area (Å²) in [7, 11) is 1.51. The highest BCUT2D eigenvalue weighted by Crippen LogP contribution is 2.52. The topological polar surface area (TPSA) is 111 Å². The number of ether oxygens (including phenoxy) is 2. The molecule has 0 aliphatic heterocycles. The Morgan fingerprint density at radius 1 is 1.02 bits per heavy atom. The normalized spacial score (nSPS) is 14.6. The highest BCUT2D eigenvalue weighted by Gasteiger charge is 2.53. The average Bonchev–Trinajstić information content (AvgIpc) is 3.71. The van der Waals surface area contributed by atoms with Crippen molar-refractivity contribution in [1.29, 1.82) is 0 Å². The molecule has 0 saturated heterocycles. The summed E-state index contributed by atoms with van der Waals surface area (Å²) in [5, 5.41) is 16.2. The van der Waals surface area contributed by atoms with E-state index in [4.69, 9.17) is 14.0 Å².